The van der Waals surface area contributed by atoms with Gasteiger partial charge in [0, 0.05) is 0 Å². The smallest absolute Gasteiger partial charge is 0.328 e. The maximum Gasteiger partial charge on any atom is 0.328 e. The van der Waals surface area contributed by atoms with Gasteiger partial charge in [0.1, 0.15) is 6.04 Å². The van der Waals surface area contributed by atoms with Crippen molar-refractivity contribution in [2.75, 3.05) is 7.11 Å². The van der Waals surface area contributed by atoms with Crippen LogP contribution in [0, 0.1) is 17.6 Å². The second kappa shape index (κ2) is 6.98. The summed E-state index contributed by atoms with van der Waals surface area (Å²) in [6.45, 7) is 3.53. The number of nitrogens with one attached hydrogen (secondary N) is 1. The lowest BCUT2D eigenvalue weighted by Gasteiger charge is -2.19. The van der Waals surface area contributed by atoms with Crippen LogP contribution in [0.3, 0.4) is 0 Å². The lowest BCUT2D eigenvalue weighted by molar-refractivity contribution is -0.146. The Morgan fingerprint density at radius 1 is 1.25 bits per heavy atom. The summed E-state index contributed by atoms with van der Waals surface area (Å²) in [5, 5.41) is 2.52. The first-order valence-corrected chi connectivity index (χ1v) is 6.16. The molecule has 1 atom stereocenters. The van der Waals surface area contributed by atoms with Gasteiger partial charge in [-0.05, 0) is 23.6 Å². The van der Waals surface area contributed by atoms with Gasteiger partial charge in [-0.1, -0.05) is 19.9 Å². The molecule has 0 aliphatic carbocycles. The fourth-order valence-corrected chi connectivity index (χ4v) is 1.68. The molecule has 1 aromatic carbocycles. The van der Waals surface area contributed by atoms with Crippen LogP contribution >= 0.6 is 0 Å². The van der Waals surface area contributed by atoms with Crippen LogP contribution in [0.4, 0.5) is 8.78 Å². The summed E-state index contributed by atoms with van der Waals surface area (Å²) in [6.07, 6.45) is -0.141. The van der Waals surface area contributed by atoms with E-state index >= 15 is 0 Å². The van der Waals surface area contributed by atoms with E-state index in [0.717, 1.165) is 12.1 Å². The monoisotopic (exact) mass is 285 g/mol. The molecule has 20 heavy (non-hydrogen) atoms. The Bertz CT molecular complexity index is 503. The van der Waals surface area contributed by atoms with Crippen molar-refractivity contribution in [1.82, 2.24) is 5.32 Å². The molecular formula is C14H17F2NO3. The lowest BCUT2D eigenvalue weighted by Crippen LogP contribution is -2.45. The van der Waals surface area contributed by atoms with Crippen LogP contribution in [0.2, 0.25) is 0 Å². The molecule has 0 saturated carbocycles. The Labute approximate surface area is 116 Å². The molecule has 0 unspecified atom stereocenters. The van der Waals surface area contributed by atoms with E-state index < -0.39 is 29.6 Å². The van der Waals surface area contributed by atoms with Gasteiger partial charge in [0.05, 0.1) is 13.5 Å². The third-order valence-corrected chi connectivity index (χ3v) is 2.79. The minimum atomic E-state index is -1.01. The molecule has 1 amide bonds. The second-order valence-electron chi connectivity index (χ2n) is 4.74. The van der Waals surface area contributed by atoms with E-state index in [1.54, 1.807) is 13.8 Å². The number of benzene rings is 1. The molecule has 110 valence electrons. The summed E-state index contributed by atoms with van der Waals surface area (Å²) in [6, 6.07) is 2.47. The Morgan fingerprint density at radius 3 is 2.40 bits per heavy atom. The van der Waals surface area contributed by atoms with Crippen LogP contribution in [-0.4, -0.2) is 25.0 Å². The minimum Gasteiger partial charge on any atom is -0.467 e. The average molecular weight is 285 g/mol. The van der Waals surface area contributed by atoms with Crippen molar-refractivity contribution in [3.8, 4) is 0 Å². The first kappa shape index (κ1) is 16.1. The van der Waals surface area contributed by atoms with Gasteiger partial charge in [0.15, 0.2) is 11.6 Å². The summed E-state index contributed by atoms with van der Waals surface area (Å²) in [5.41, 5.74) is 0.328. The minimum absolute atomic E-state index is 0.141. The van der Waals surface area contributed by atoms with E-state index in [1.165, 1.54) is 13.2 Å². The molecule has 0 spiro atoms. The van der Waals surface area contributed by atoms with E-state index in [2.05, 4.69) is 10.1 Å². The molecule has 0 aromatic heterocycles. The Hall–Kier alpha value is -1.98. The number of carbonyl (C=O) groups is 2. The molecule has 0 aliphatic rings. The highest BCUT2D eigenvalue weighted by Crippen LogP contribution is 2.10. The van der Waals surface area contributed by atoms with Crippen molar-refractivity contribution < 1.29 is 23.1 Å². The zero-order valence-electron chi connectivity index (χ0n) is 11.6. The van der Waals surface area contributed by atoms with Crippen molar-refractivity contribution in [2.45, 2.75) is 26.3 Å². The number of hydrogen-bond acceptors (Lipinski definition) is 3. The lowest BCUT2D eigenvalue weighted by atomic mass is 10.0. The molecule has 0 aliphatic heterocycles. The van der Waals surface area contributed by atoms with Gasteiger partial charge in [-0.2, -0.15) is 0 Å². The summed E-state index contributed by atoms with van der Waals surface area (Å²) >= 11 is 0. The van der Waals surface area contributed by atoms with E-state index in [-0.39, 0.29) is 12.3 Å². The molecule has 4 nitrogen and oxygen atoms in total. The van der Waals surface area contributed by atoms with Gasteiger partial charge >= 0.3 is 5.97 Å². The number of hydrogen-bond donors (Lipinski definition) is 1. The highest BCUT2D eigenvalue weighted by Gasteiger charge is 2.24. The maximum atomic E-state index is 13.0. The zero-order valence-corrected chi connectivity index (χ0v) is 11.6. The molecule has 0 fully saturated rings. The molecule has 0 saturated heterocycles. The van der Waals surface area contributed by atoms with Crippen molar-refractivity contribution in [2.24, 2.45) is 5.92 Å². The predicted molar refractivity (Wildman–Crippen MR) is 68.8 cm³/mol. The standard InChI is InChI=1S/C14H17F2NO3/c1-8(2)13(14(19)20-3)17-12(18)7-9-4-5-10(15)11(16)6-9/h4-6,8,13H,7H2,1-3H3,(H,17,18)/t13-/m0/s1. The van der Waals surface area contributed by atoms with Crippen LogP contribution < -0.4 is 5.32 Å². The van der Waals surface area contributed by atoms with Crippen molar-refractivity contribution >= 4 is 11.9 Å². The Balaban J connectivity index is 2.70. The average Bonchev–Trinajstić information content (AvgIpc) is 2.39. The summed E-state index contributed by atoms with van der Waals surface area (Å²) in [4.78, 5) is 23.3. The largest absolute Gasteiger partial charge is 0.467 e. The Morgan fingerprint density at radius 2 is 1.90 bits per heavy atom. The number of ether oxygens (including phenoxy) is 1. The van der Waals surface area contributed by atoms with Gasteiger partial charge < -0.3 is 10.1 Å². The highest BCUT2D eigenvalue weighted by atomic mass is 19.2. The first-order valence-electron chi connectivity index (χ1n) is 6.16. The number of halogens is 2. The number of esters is 1. The molecule has 6 heteroatoms. The fourth-order valence-electron chi connectivity index (χ4n) is 1.68. The summed E-state index contributed by atoms with van der Waals surface area (Å²) < 4.78 is 30.4. The van der Waals surface area contributed by atoms with Crippen LogP contribution in [0.15, 0.2) is 18.2 Å². The van der Waals surface area contributed by atoms with E-state index in [4.69, 9.17) is 0 Å². The maximum absolute atomic E-state index is 13.0. The molecule has 1 rings (SSSR count). The van der Waals surface area contributed by atoms with Crippen molar-refractivity contribution in [3.05, 3.63) is 35.4 Å². The van der Waals surface area contributed by atoms with Crippen LogP contribution in [-0.2, 0) is 20.7 Å². The normalized spacial score (nSPS) is 12.1. The number of carbonyl (C=O) groups excluding carboxylic acids is 2. The molecule has 1 N–H and O–H groups in total. The van der Waals surface area contributed by atoms with E-state index in [0.29, 0.717) is 5.56 Å². The molecular weight excluding hydrogens is 268 g/mol. The fraction of sp³-hybridized carbons (Fsp3) is 0.429. The van der Waals surface area contributed by atoms with Crippen LogP contribution in [0.5, 0.6) is 0 Å². The van der Waals surface area contributed by atoms with Gasteiger partial charge in [-0.3, -0.25) is 4.79 Å². The van der Waals surface area contributed by atoms with Gasteiger partial charge in [0.2, 0.25) is 5.91 Å². The molecule has 0 radical (unpaired) electrons. The highest BCUT2D eigenvalue weighted by molar-refractivity contribution is 5.85. The van der Waals surface area contributed by atoms with E-state index in [1.807, 2.05) is 0 Å². The van der Waals surface area contributed by atoms with Gasteiger partial charge in [-0.15, -0.1) is 0 Å². The number of methoxy groups -OCH3 is 1. The van der Waals surface area contributed by atoms with E-state index in [9.17, 15) is 18.4 Å². The molecule has 1 aromatic rings. The van der Waals surface area contributed by atoms with Crippen molar-refractivity contribution in [1.29, 1.82) is 0 Å². The quantitative estimate of drug-likeness (QED) is 0.840. The number of amides is 1. The zero-order chi connectivity index (χ0) is 15.3. The Kier molecular flexibility index (Phi) is 5.61. The summed E-state index contributed by atoms with van der Waals surface area (Å²) in [7, 11) is 1.24. The second-order valence-corrected chi connectivity index (χ2v) is 4.74. The van der Waals surface area contributed by atoms with Crippen molar-refractivity contribution in [3.63, 3.8) is 0 Å². The predicted octanol–water partition coefficient (Wildman–Crippen LogP) is 1.82. The number of rotatable bonds is 5. The third kappa shape index (κ3) is 4.29. The molecule has 0 heterocycles. The summed E-state index contributed by atoms with van der Waals surface area (Å²) in [5.74, 6) is -3.12. The van der Waals surface area contributed by atoms with Gasteiger partial charge in [-0.25, -0.2) is 13.6 Å². The van der Waals surface area contributed by atoms with Gasteiger partial charge in [0.25, 0.3) is 0 Å². The van der Waals surface area contributed by atoms with Crippen LogP contribution in [0.25, 0.3) is 0 Å². The van der Waals surface area contributed by atoms with Crippen LogP contribution in [0.1, 0.15) is 19.4 Å². The SMILES string of the molecule is COC(=O)[C@@H](NC(=O)Cc1ccc(F)c(F)c1)C(C)C. The topological polar surface area (TPSA) is 55.4 Å². The molecule has 0 bridgehead atoms. The third-order valence-electron chi connectivity index (χ3n) is 2.79. The first-order chi connectivity index (χ1) is 9.35.